The van der Waals surface area contributed by atoms with Gasteiger partial charge in [0.05, 0.1) is 0 Å². The summed E-state index contributed by atoms with van der Waals surface area (Å²) >= 11 is 0. The number of allylic oxidation sites excluding steroid dienone is 1. The Morgan fingerprint density at radius 2 is 1.89 bits per heavy atom. The molecule has 0 aromatic rings. The lowest BCUT2D eigenvalue weighted by atomic mass is 9.93. The molecule has 0 atom stereocenters. The third-order valence-electron chi connectivity index (χ3n) is 1.10. The van der Waals surface area contributed by atoms with E-state index in [1.807, 2.05) is 20.8 Å². The maximum atomic E-state index is 5.58. The maximum Gasteiger partial charge on any atom is 0.0316 e. The minimum absolute atomic E-state index is 0.00632. The summed E-state index contributed by atoms with van der Waals surface area (Å²) in [4.78, 5) is 0. The fourth-order valence-corrected chi connectivity index (χ4v) is 0.306. The standard InChI is InChI=1S/C6H15N3/c1-6(2,3)5(7)4-9-8/h4,9H,7-8H2,1-3H3/b5-4-. The second-order valence-electron chi connectivity index (χ2n) is 3.02. The van der Waals surface area contributed by atoms with Gasteiger partial charge in [-0.1, -0.05) is 20.8 Å². The Morgan fingerprint density at radius 3 is 2.00 bits per heavy atom. The van der Waals surface area contributed by atoms with Crippen LogP contribution in [0.25, 0.3) is 0 Å². The summed E-state index contributed by atoms with van der Waals surface area (Å²) < 4.78 is 0. The summed E-state index contributed by atoms with van der Waals surface area (Å²) in [5.74, 6) is 5.02. The average molecular weight is 129 g/mol. The Morgan fingerprint density at radius 1 is 1.44 bits per heavy atom. The molecule has 0 aromatic carbocycles. The summed E-state index contributed by atoms with van der Waals surface area (Å²) in [5, 5.41) is 0. The van der Waals surface area contributed by atoms with Crippen molar-refractivity contribution >= 4 is 0 Å². The lowest BCUT2D eigenvalue weighted by Gasteiger charge is -2.18. The summed E-state index contributed by atoms with van der Waals surface area (Å²) in [5.41, 5.74) is 8.73. The predicted molar refractivity (Wildman–Crippen MR) is 39.0 cm³/mol. The monoisotopic (exact) mass is 129 g/mol. The van der Waals surface area contributed by atoms with Gasteiger partial charge in [-0.25, -0.2) is 0 Å². The first-order valence-corrected chi connectivity index (χ1v) is 2.90. The molecule has 0 unspecified atom stereocenters. The molecule has 0 saturated carbocycles. The number of rotatable bonds is 1. The van der Waals surface area contributed by atoms with Crippen molar-refractivity contribution < 1.29 is 0 Å². The van der Waals surface area contributed by atoms with Crippen LogP contribution in [-0.2, 0) is 0 Å². The minimum Gasteiger partial charge on any atom is -0.400 e. The summed E-state index contributed by atoms with van der Waals surface area (Å²) in [6.45, 7) is 6.07. The zero-order chi connectivity index (χ0) is 7.49. The summed E-state index contributed by atoms with van der Waals surface area (Å²) in [6, 6.07) is 0. The van der Waals surface area contributed by atoms with Gasteiger partial charge in [-0.3, -0.25) is 5.84 Å². The Balaban J connectivity index is 4.03. The second kappa shape index (κ2) is 2.73. The molecule has 0 amide bonds. The first kappa shape index (κ1) is 8.30. The Kier molecular flexibility index (Phi) is 2.52. The summed E-state index contributed by atoms with van der Waals surface area (Å²) in [7, 11) is 0. The van der Waals surface area contributed by atoms with Crippen LogP contribution in [0.3, 0.4) is 0 Å². The van der Waals surface area contributed by atoms with Crippen LogP contribution in [0.15, 0.2) is 11.9 Å². The molecule has 3 nitrogen and oxygen atoms in total. The van der Waals surface area contributed by atoms with E-state index in [0.717, 1.165) is 5.70 Å². The highest BCUT2D eigenvalue weighted by molar-refractivity contribution is 5.03. The van der Waals surface area contributed by atoms with E-state index >= 15 is 0 Å². The van der Waals surface area contributed by atoms with Crippen molar-refractivity contribution in [2.45, 2.75) is 20.8 Å². The molecule has 0 aliphatic carbocycles. The normalized spacial score (nSPS) is 13.6. The molecule has 0 aliphatic rings. The highest BCUT2D eigenvalue weighted by Crippen LogP contribution is 2.18. The number of nitrogens with two attached hydrogens (primary N) is 2. The van der Waals surface area contributed by atoms with Crippen LogP contribution in [0.5, 0.6) is 0 Å². The second-order valence-corrected chi connectivity index (χ2v) is 3.02. The maximum absolute atomic E-state index is 5.58. The molecule has 0 spiro atoms. The van der Waals surface area contributed by atoms with Gasteiger partial charge in [0.2, 0.25) is 0 Å². The van der Waals surface area contributed by atoms with E-state index < -0.39 is 0 Å². The van der Waals surface area contributed by atoms with Crippen molar-refractivity contribution in [3.05, 3.63) is 11.9 Å². The van der Waals surface area contributed by atoms with E-state index in [-0.39, 0.29) is 5.41 Å². The first-order valence-electron chi connectivity index (χ1n) is 2.90. The van der Waals surface area contributed by atoms with E-state index in [1.165, 1.54) is 0 Å². The number of nitrogens with one attached hydrogen (secondary N) is 1. The van der Waals surface area contributed by atoms with Crippen molar-refractivity contribution in [3.63, 3.8) is 0 Å². The van der Waals surface area contributed by atoms with Gasteiger partial charge in [0.1, 0.15) is 0 Å². The van der Waals surface area contributed by atoms with Crippen LogP contribution in [0.1, 0.15) is 20.8 Å². The van der Waals surface area contributed by atoms with E-state index in [9.17, 15) is 0 Å². The molecule has 3 heteroatoms. The van der Waals surface area contributed by atoms with Crippen molar-refractivity contribution in [1.82, 2.24) is 5.43 Å². The topological polar surface area (TPSA) is 64.1 Å². The molecule has 54 valence electrons. The van der Waals surface area contributed by atoms with Crippen LogP contribution in [-0.4, -0.2) is 0 Å². The predicted octanol–water partition coefficient (Wildman–Crippen LogP) is 0.296. The van der Waals surface area contributed by atoms with Crippen molar-refractivity contribution in [3.8, 4) is 0 Å². The van der Waals surface area contributed by atoms with Gasteiger partial charge >= 0.3 is 0 Å². The largest absolute Gasteiger partial charge is 0.400 e. The molecule has 0 heterocycles. The number of hydrogen-bond donors (Lipinski definition) is 3. The van der Waals surface area contributed by atoms with Crippen molar-refractivity contribution in [1.29, 1.82) is 0 Å². The Hall–Kier alpha value is -0.700. The number of hydrazine groups is 1. The van der Waals surface area contributed by atoms with Crippen molar-refractivity contribution in [2.75, 3.05) is 0 Å². The van der Waals surface area contributed by atoms with Crippen LogP contribution >= 0.6 is 0 Å². The molecule has 0 aliphatic heterocycles. The van der Waals surface area contributed by atoms with Crippen LogP contribution in [0.4, 0.5) is 0 Å². The Labute approximate surface area is 56.1 Å². The lowest BCUT2D eigenvalue weighted by Crippen LogP contribution is -2.23. The van der Waals surface area contributed by atoms with E-state index in [1.54, 1.807) is 6.20 Å². The molecule has 0 fully saturated rings. The van der Waals surface area contributed by atoms with Gasteiger partial charge < -0.3 is 11.2 Å². The van der Waals surface area contributed by atoms with E-state index in [4.69, 9.17) is 11.6 Å². The van der Waals surface area contributed by atoms with Crippen LogP contribution < -0.4 is 17.0 Å². The quantitative estimate of drug-likeness (QED) is 0.352. The minimum atomic E-state index is 0.00632. The van der Waals surface area contributed by atoms with E-state index in [2.05, 4.69) is 5.43 Å². The Bertz CT molecular complexity index is 110. The zero-order valence-electron chi connectivity index (χ0n) is 6.23. The van der Waals surface area contributed by atoms with Gasteiger partial charge in [-0.2, -0.15) is 0 Å². The third kappa shape index (κ3) is 2.98. The van der Waals surface area contributed by atoms with Crippen LogP contribution in [0.2, 0.25) is 0 Å². The van der Waals surface area contributed by atoms with Crippen LogP contribution in [0, 0.1) is 5.41 Å². The average Bonchev–Trinajstić information content (AvgIpc) is 1.64. The van der Waals surface area contributed by atoms with Gasteiger partial charge in [-0.05, 0) is 0 Å². The molecule has 0 bridgehead atoms. The van der Waals surface area contributed by atoms with Gasteiger partial charge in [-0.15, -0.1) is 0 Å². The molecule has 9 heavy (non-hydrogen) atoms. The molecule has 0 rings (SSSR count). The molecular formula is C6H15N3. The molecule has 0 aromatic heterocycles. The number of hydrogen-bond acceptors (Lipinski definition) is 3. The molecule has 0 saturated heterocycles. The fraction of sp³-hybridized carbons (Fsp3) is 0.667. The molecular weight excluding hydrogens is 114 g/mol. The molecule has 0 radical (unpaired) electrons. The smallest absolute Gasteiger partial charge is 0.0316 e. The molecule has 5 N–H and O–H groups in total. The highest BCUT2D eigenvalue weighted by Gasteiger charge is 2.12. The third-order valence-corrected chi connectivity index (χ3v) is 1.10. The lowest BCUT2D eigenvalue weighted by molar-refractivity contribution is 0.493. The van der Waals surface area contributed by atoms with Crippen molar-refractivity contribution in [2.24, 2.45) is 17.0 Å². The SMILES string of the molecule is CC(C)(C)/C(N)=C/NN. The first-order chi connectivity index (χ1) is 3.98. The van der Waals surface area contributed by atoms with Gasteiger partial charge in [0.15, 0.2) is 0 Å². The van der Waals surface area contributed by atoms with E-state index in [0.29, 0.717) is 0 Å². The fourth-order valence-electron chi connectivity index (χ4n) is 0.306. The van der Waals surface area contributed by atoms with Gasteiger partial charge in [0, 0.05) is 17.3 Å². The zero-order valence-corrected chi connectivity index (χ0v) is 6.23. The summed E-state index contributed by atoms with van der Waals surface area (Å²) in [6.07, 6.45) is 1.60. The van der Waals surface area contributed by atoms with Gasteiger partial charge in [0.25, 0.3) is 0 Å². The highest BCUT2D eigenvalue weighted by atomic mass is 15.2.